The molecule has 5 nitrogen and oxygen atoms in total. The van der Waals surface area contributed by atoms with Crippen LogP contribution in [0.2, 0.25) is 0 Å². The monoisotopic (exact) mass is 214 g/mol. The summed E-state index contributed by atoms with van der Waals surface area (Å²) in [4.78, 5) is 22.0. The first-order valence-corrected chi connectivity index (χ1v) is 5.26. The van der Waals surface area contributed by atoms with E-state index >= 15 is 0 Å². The lowest BCUT2D eigenvalue weighted by Gasteiger charge is -2.10. The van der Waals surface area contributed by atoms with Crippen molar-refractivity contribution in [3.05, 3.63) is 0 Å². The van der Waals surface area contributed by atoms with Crippen molar-refractivity contribution in [3.63, 3.8) is 0 Å². The maximum atomic E-state index is 11.2. The molecule has 2 N–H and O–H groups in total. The van der Waals surface area contributed by atoms with Gasteiger partial charge in [0, 0.05) is 6.42 Å². The minimum absolute atomic E-state index is 0.0180. The van der Waals surface area contributed by atoms with E-state index in [2.05, 4.69) is 10.6 Å². The molecule has 0 saturated carbocycles. The van der Waals surface area contributed by atoms with E-state index in [9.17, 15) is 9.59 Å². The van der Waals surface area contributed by atoms with Crippen LogP contribution < -0.4 is 10.6 Å². The predicted octanol–water partition coefficient (Wildman–Crippen LogP) is 0.0113. The SMILES string of the molecule is CC(C)COC(=O)CCC1NCC(=O)N1. The third-order valence-electron chi connectivity index (χ3n) is 2.06. The third-order valence-corrected chi connectivity index (χ3v) is 2.06. The zero-order valence-electron chi connectivity index (χ0n) is 9.21. The fourth-order valence-electron chi connectivity index (χ4n) is 1.28. The van der Waals surface area contributed by atoms with Crippen LogP contribution >= 0.6 is 0 Å². The molecule has 0 aliphatic carbocycles. The van der Waals surface area contributed by atoms with Gasteiger partial charge in [0.15, 0.2) is 0 Å². The number of hydrogen-bond donors (Lipinski definition) is 2. The fourth-order valence-corrected chi connectivity index (χ4v) is 1.28. The van der Waals surface area contributed by atoms with Crippen LogP contribution in [0.1, 0.15) is 26.7 Å². The van der Waals surface area contributed by atoms with Gasteiger partial charge in [0.25, 0.3) is 0 Å². The summed E-state index contributed by atoms with van der Waals surface area (Å²) in [6.45, 7) is 4.78. The molecule has 1 aliphatic rings. The summed E-state index contributed by atoms with van der Waals surface area (Å²) in [6.07, 6.45) is 0.844. The van der Waals surface area contributed by atoms with Gasteiger partial charge in [-0.2, -0.15) is 0 Å². The van der Waals surface area contributed by atoms with Gasteiger partial charge < -0.3 is 10.1 Å². The second-order valence-electron chi connectivity index (χ2n) is 4.12. The van der Waals surface area contributed by atoms with E-state index in [1.54, 1.807) is 0 Å². The van der Waals surface area contributed by atoms with Crippen molar-refractivity contribution in [2.75, 3.05) is 13.2 Å². The maximum Gasteiger partial charge on any atom is 0.305 e. The molecule has 1 rings (SSSR count). The molecule has 1 unspecified atom stereocenters. The van der Waals surface area contributed by atoms with Gasteiger partial charge in [-0.3, -0.25) is 14.9 Å². The predicted molar refractivity (Wildman–Crippen MR) is 55.0 cm³/mol. The number of esters is 1. The van der Waals surface area contributed by atoms with E-state index in [0.717, 1.165) is 0 Å². The van der Waals surface area contributed by atoms with Crippen molar-refractivity contribution in [2.24, 2.45) is 5.92 Å². The molecule has 1 atom stereocenters. The quantitative estimate of drug-likeness (QED) is 0.633. The molecule has 15 heavy (non-hydrogen) atoms. The zero-order chi connectivity index (χ0) is 11.3. The van der Waals surface area contributed by atoms with Gasteiger partial charge >= 0.3 is 5.97 Å². The average molecular weight is 214 g/mol. The minimum Gasteiger partial charge on any atom is -0.465 e. The van der Waals surface area contributed by atoms with Crippen molar-refractivity contribution >= 4 is 11.9 Å². The molecule has 1 amide bonds. The van der Waals surface area contributed by atoms with Crippen LogP contribution in [0.4, 0.5) is 0 Å². The number of carbonyl (C=O) groups is 2. The van der Waals surface area contributed by atoms with Gasteiger partial charge in [0.05, 0.1) is 19.3 Å². The summed E-state index contributed by atoms with van der Waals surface area (Å²) < 4.78 is 5.01. The van der Waals surface area contributed by atoms with Crippen LogP contribution in [-0.2, 0) is 14.3 Å². The van der Waals surface area contributed by atoms with Gasteiger partial charge in [-0.15, -0.1) is 0 Å². The smallest absolute Gasteiger partial charge is 0.305 e. The van der Waals surface area contributed by atoms with E-state index in [0.29, 0.717) is 31.9 Å². The van der Waals surface area contributed by atoms with Gasteiger partial charge in [0.2, 0.25) is 5.91 Å². The molecular formula is C10H18N2O3. The molecule has 0 aromatic heterocycles. The van der Waals surface area contributed by atoms with E-state index in [-0.39, 0.29) is 18.0 Å². The molecule has 0 aromatic rings. The zero-order valence-corrected chi connectivity index (χ0v) is 9.21. The van der Waals surface area contributed by atoms with Gasteiger partial charge in [-0.1, -0.05) is 13.8 Å². The van der Waals surface area contributed by atoms with Crippen molar-refractivity contribution in [1.82, 2.24) is 10.6 Å². The van der Waals surface area contributed by atoms with Crippen molar-refractivity contribution < 1.29 is 14.3 Å². The Hall–Kier alpha value is -1.10. The molecule has 5 heteroatoms. The highest BCUT2D eigenvalue weighted by atomic mass is 16.5. The molecule has 0 bridgehead atoms. The Balaban J connectivity index is 2.09. The number of hydrogen-bond acceptors (Lipinski definition) is 4. The fraction of sp³-hybridized carbons (Fsp3) is 0.800. The highest BCUT2D eigenvalue weighted by Gasteiger charge is 2.20. The Morgan fingerprint density at radius 2 is 2.33 bits per heavy atom. The summed E-state index contributed by atoms with van der Waals surface area (Å²) in [5.41, 5.74) is 0. The molecule has 86 valence electrons. The van der Waals surface area contributed by atoms with Crippen LogP contribution in [0.3, 0.4) is 0 Å². The topological polar surface area (TPSA) is 67.4 Å². The number of rotatable bonds is 5. The number of ether oxygens (including phenoxy) is 1. The van der Waals surface area contributed by atoms with Crippen molar-refractivity contribution in [2.45, 2.75) is 32.9 Å². The van der Waals surface area contributed by atoms with E-state index in [1.807, 2.05) is 13.8 Å². The highest BCUT2D eigenvalue weighted by Crippen LogP contribution is 2.01. The normalized spacial score (nSPS) is 20.5. The van der Waals surface area contributed by atoms with Crippen molar-refractivity contribution in [1.29, 1.82) is 0 Å². The first kappa shape index (κ1) is 12.0. The Morgan fingerprint density at radius 1 is 1.60 bits per heavy atom. The lowest BCUT2D eigenvalue weighted by atomic mass is 10.2. The average Bonchev–Trinajstić information content (AvgIpc) is 2.58. The molecule has 1 fully saturated rings. The van der Waals surface area contributed by atoms with Crippen molar-refractivity contribution in [3.8, 4) is 0 Å². The minimum atomic E-state index is -0.202. The molecule has 0 aromatic carbocycles. The summed E-state index contributed by atoms with van der Waals surface area (Å²) in [7, 11) is 0. The first-order valence-electron chi connectivity index (χ1n) is 5.26. The Labute approximate surface area is 89.6 Å². The second kappa shape index (κ2) is 5.70. The Bertz CT molecular complexity index is 241. The Morgan fingerprint density at radius 3 is 2.87 bits per heavy atom. The molecule has 1 aliphatic heterocycles. The van der Waals surface area contributed by atoms with Crippen LogP contribution in [0, 0.1) is 5.92 Å². The Kier molecular flexibility index (Phi) is 4.55. The largest absolute Gasteiger partial charge is 0.465 e. The molecule has 1 heterocycles. The molecular weight excluding hydrogens is 196 g/mol. The summed E-state index contributed by atoms with van der Waals surface area (Å²) >= 11 is 0. The van der Waals surface area contributed by atoms with E-state index < -0.39 is 0 Å². The van der Waals surface area contributed by atoms with E-state index in [4.69, 9.17) is 4.74 Å². The van der Waals surface area contributed by atoms with Crippen LogP contribution in [-0.4, -0.2) is 31.2 Å². The number of nitrogens with one attached hydrogen (secondary N) is 2. The van der Waals surface area contributed by atoms with Crippen LogP contribution in [0.5, 0.6) is 0 Å². The van der Waals surface area contributed by atoms with E-state index in [1.165, 1.54) is 0 Å². The summed E-state index contributed by atoms with van der Waals surface area (Å²) in [6, 6.07) is 0. The molecule has 0 radical (unpaired) electrons. The first-order chi connectivity index (χ1) is 7.08. The lowest BCUT2D eigenvalue weighted by molar-refractivity contribution is -0.145. The third kappa shape index (κ3) is 4.78. The standard InChI is InChI=1S/C10H18N2O3/c1-7(2)6-15-10(14)4-3-8-11-5-9(13)12-8/h7-8,11H,3-6H2,1-2H3,(H,12,13). The van der Waals surface area contributed by atoms with Gasteiger partial charge in [-0.25, -0.2) is 0 Å². The molecule has 1 saturated heterocycles. The number of carbonyl (C=O) groups excluding carboxylic acids is 2. The van der Waals surface area contributed by atoms with Crippen LogP contribution in [0.25, 0.3) is 0 Å². The van der Waals surface area contributed by atoms with Gasteiger partial charge in [-0.05, 0) is 12.3 Å². The lowest BCUT2D eigenvalue weighted by Crippen LogP contribution is -2.32. The van der Waals surface area contributed by atoms with Crippen LogP contribution in [0.15, 0.2) is 0 Å². The second-order valence-corrected chi connectivity index (χ2v) is 4.12. The van der Waals surface area contributed by atoms with Gasteiger partial charge in [0.1, 0.15) is 0 Å². The number of amides is 1. The summed E-state index contributed by atoms with van der Waals surface area (Å²) in [5.74, 6) is 0.139. The summed E-state index contributed by atoms with van der Waals surface area (Å²) in [5, 5.41) is 5.67. The highest BCUT2D eigenvalue weighted by molar-refractivity contribution is 5.80. The molecule has 0 spiro atoms. The maximum absolute atomic E-state index is 11.2.